The van der Waals surface area contributed by atoms with Gasteiger partial charge in [0.1, 0.15) is 11.9 Å². The Labute approximate surface area is 160 Å². The molecule has 3 rings (SSSR count). The predicted octanol–water partition coefficient (Wildman–Crippen LogP) is 3.77. The van der Waals surface area contributed by atoms with Crippen LogP contribution in [0.25, 0.3) is 5.70 Å². The van der Waals surface area contributed by atoms with Crippen LogP contribution in [0.2, 0.25) is 0 Å². The fraction of sp³-hybridized carbons (Fsp3) is 0.105. The van der Waals surface area contributed by atoms with E-state index in [2.05, 4.69) is 5.32 Å². The maximum atomic E-state index is 12.4. The monoisotopic (exact) mass is 381 g/mol. The lowest BCUT2D eigenvalue weighted by Crippen LogP contribution is -2.39. The number of nitriles is 1. The standard InChI is InChI=1S/C19H15N3O2S2/c20-13-26-16-8-6-15(7-9-16)21-18(23)10-22-17(11-25-12-19(22)24)14-4-2-1-3-5-14/h1-9,11H,10,12H2,(H,21,23). The van der Waals surface area contributed by atoms with Crippen molar-refractivity contribution in [2.45, 2.75) is 4.90 Å². The molecule has 0 spiro atoms. The zero-order valence-corrected chi connectivity index (χ0v) is 15.3. The lowest BCUT2D eigenvalue weighted by atomic mass is 10.1. The van der Waals surface area contributed by atoms with Crippen molar-refractivity contribution in [2.24, 2.45) is 0 Å². The average molecular weight is 381 g/mol. The molecule has 0 fully saturated rings. The lowest BCUT2D eigenvalue weighted by molar-refractivity contribution is -0.129. The number of amides is 2. The van der Waals surface area contributed by atoms with E-state index < -0.39 is 0 Å². The third-order valence-electron chi connectivity index (χ3n) is 3.67. The van der Waals surface area contributed by atoms with E-state index in [1.54, 1.807) is 24.3 Å². The van der Waals surface area contributed by atoms with Crippen molar-refractivity contribution in [3.8, 4) is 5.40 Å². The Hall–Kier alpha value is -2.69. The number of anilines is 1. The molecule has 1 heterocycles. The van der Waals surface area contributed by atoms with Gasteiger partial charge in [0, 0.05) is 10.6 Å². The van der Waals surface area contributed by atoms with Gasteiger partial charge in [-0.2, -0.15) is 5.26 Å². The Morgan fingerprint density at radius 2 is 1.92 bits per heavy atom. The molecule has 1 aliphatic rings. The third kappa shape index (κ3) is 4.48. The van der Waals surface area contributed by atoms with Crippen molar-refractivity contribution in [1.29, 1.82) is 5.26 Å². The number of rotatable bonds is 5. The molecule has 2 aromatic rings. The van der Waals surface area contributed by atoms with E-state index >= 15 is 0 Å². The van der Waals surface area contributed by atoms with Crippen LogP contribution in [-0.2, 0) is 9.59 Å². The smallest absolute Gasteiger partial charge is 0.244 e. The number of hydrogen-bond acceptors (Lipinski definition) is 5. The van der Waals surface area contributed by atoms with Crippen LogP contribution in [0.3, 0.4) is 0 Å². The van der Waals surface area contributed by atoms with E-state index in [1.165, 1.54) is 16.7 Å². The second kappa shape index (κ2) is 8.61. The summed E-state index contributed by atoms with van der Waals surface area (Å²) in [6.07, 6.45) is 0. The van der Waals surface area contributed by atoms with Gasteiger partial charge in [-0.15, -0.1) is 11.8 Å². The van der Waals surface area contributed by atoms with Crippen LogP contribution in [0.1, 0.15) is 5.56 Å². The van der Waals surface area contributed by atoms with Gasteiger partial charge in [0.2, 0.25) is 11.8 Å². The highest BCUT2D eigenvalue weighted by atomic mass is 32.2. The van der Waals surface area contributed by atoms with Crippen LogP contribution in [0.5, 0.6) is 0 Å². The SMILES string of the molecule is N#CSc1ccc(NC(=O)CN2C(=O)CSC=C2c2ccccc2)cc1. The molecule has 1 aliphatic heterocycles. The molecule has 0 aromatic heterocycles. The van der Waals surface area contributed by atoms with Gasteiger partial charge < -0.3 is 10.2 Å². The molecule has 2 amide bonds. The number of carbonyl (C=O) groups excluding carboxylic acids is 2. The molecular formula is C19H15N3O2S2. The molecule has 0 saturated heterocycles. The fourth-order valence-electron chi connectivity index (χ4n) is 2.48. The van der Waals surface area contributed by atoms with Crippen molar-refractivity contribution in [2.75, 3.05) is 17.6 Å². The van der Waals surface area contributed by atoms with Gasteiger partial charge in [0.05, 0.1) is 11.4 Å². The normalized spacial score (nSPS) is 13.7. The van der Waals surface area contributed by atoms with E-state index in [4.69, 9.17) is 5.26 Å². The van der Waals surface area contributed by atoms with Crippen molar-refractivity contribution < 1.29 is 9.59 Å². The third-order valence-corrected chi connectivity index (χ3v) is 5.07. The highest BCUT2D eigenvalue weighted by Gasteiger charge is 2.25. The summed E-state index contributed by atoms with van der Waals surface area (Å²) in [6, 6.07) is 16.6. The summed E-state index contributed by atoms with van der Waals surface area (Å²) >= 11 is 2.49. The minimum absolute atomic E-state index is 0.0468. The molecule has 0 aliphatic carbocycles. The summed E-state index contributed by atoms with van der Waals surface area (Å²) in [5.74, 6) is -0.0380. The summed E-state index contributed by atoms with van der Waals surface area (Å²) in [7, 11) is 0. The van der Waals surface area contributed by atoms with Crippen molar-refractivity contribution >= 4 is 46.7 Å². The Bertz CT molecular complexity index is 874. The number of nitrogens with one attached hydrogen (secondary N) is 1. The van der Waals surface area contributed by atoms with Crippen molar-refractivity contribution in [3.63, 3.8) is 0 Å². The van der Waals surface area contributed by atoms with Gasteiger partial charge in [-0.3, -0.25) is 9.59 Å². The maximum Gasteiger partial charge on any atom is 0.244 e. The molecule has 7 heteroatoms. The molecule has 26 heavy (non-hydrogen) atoms. The zero-order valence-electron chi connectivity index (χ0n) is 13.7. The molecule has 1 N–H and O–H groups in total. The van der Waals surface area contributed by atoms with Crippen molar-refractivity contribution in [1.82, 2.24) is 4.90 Å². The summed E-state index contributed by atoms with van der Waals surface area (Å²) in [6.45, 7) is -0.0468. The van der Waals surface area contributed by atoms with Crippen LogP contribution >= 0.6 is 23.5 Å². The number of thiocyanates is 1. The quantitative estimate of drug-likeness (QED) is 0.630. The minimum atomic E-state index is -0.271. The highest BCUT2D eigenvalue weighted by molar-refractivity contribution is 8.03. The minimum Gasteiger partial charge on any atom is -0.325 e. The lowest BCUT2D eigenvalue weighted by Gasteiger charge is -2.28. The van der Waals surface area contributed by atoms with Gasteiger partial charge in [-0.1, -0.05) is 30.3 Å². The summed E-state index contributed by atoms with van der Waals surface area (Å²) in [5.41, 5.74) is 2.27. The zero-order chi connectivity index (χ0) is 18.4. The number of benzene rings is 2. The number of nitrogens with zero attached hydrogens (tertiary/aromatic N) is 2. The Kier molecular flexibility index (Phi) is 6.00. The predicted molar refractivity (Wildman–Crippen MR) is 105 cm³/mol. The Balaban J connectivity index is 1.70. The van der Waals surface area contributed by atoms with Crippen molar-refractivity contribution in [3.05, 3.63) is 65.6 Å². The van der Waals surface area contributed by atoms with E-state index in [1.807, 2.05) is 41.1 Å². The van der Waals surface area contributed by atoms with Gasteiger partial charge in [-0.25, -0.2) is 0 Å². The molecule has 2 aromatic carbocycles. The van der Waals surface area contributed by atoms with Crippen LogP contribution in [0.4, 0.5) is 5.69 Å². The topological polar surface area (TPSA) is 73.2 Å². The first-order valence-corrected chi connectivity index (χ1v) is 9.67. The van der Waals surface area contributed by atoms with Gasteiger partial charge in [-0.05, 0) is 47.0 Å². The first kappa shape index (κ1) is 18.1. The van der Waals surface area contributed by atoms with Crippen LogP contribution < -0.4 is 5.32 Å². The first-order valence-electron chi connectivity index (χ1n) is 7.81. The maximum absolute atomic E-state index is 12.4. The number of carbonyl (C=O) groups is 2. The second-order valence-corrected chi connectivity index (χ2v) is 7.14. The number of hydrogen-bond donors (Lipinski definition) is 1. The van der Waals surface area contributed by atoms with E-state index in [0.29, 0.717) is 11.4 Å². The highest BCUT2D eigenvalue weighted by Crippen LogP contribution is 2.28. The van der Waals surface area contributed by atoms with E-state index in [0.717, 1.165) is 27.9 Å². The number of thioether (sulfide) groups is 2. The molecule has 5 nitrogen and oxygen atoms in total. The summed E-state index contributed by atoms with van der Waals surface area (Å²) in [4.78, 5) is 27.1. The summed E-state index contributed by atoms with van der Waals surface area (Å²) < 4.78 is 0. The van der Waals surface area contributed by atoms with Crippen LogP contribution in [0, 0.1) is 10.7 Å². The van der Waals surface area contributed by atoms with Gasteiger partial charge in [0.25, 0.3) is 0 Å². The summed E-state index contributed by atoms with van der Waals surface area (Å²) in [5, 5.41) is 15.4. The van der Waals surface area contributed by atoms with Gasteiger partial charge >= 0.3 is 0 Å². The largest absolute Gasteiger partial charge is 0.325 e. The molecule has 0 atom stereocenters. The van der Waals surface area contributed by atoms with Crippen LogP contribution in [-0.4, -0.2) is 29.0 Å². The van der Waals surface area contributed by atoms with Crippen LogP contribution in [0.15, 0.2) is 64.9 Å². The Morgan fingerprint density at radius 1 is 1.19 bits per heavy atom. The molecule has 0 bridgehead atoms. The van der Waals surface area contributed by atoms with Gasteiger partial charge in [0.15, 0.2) is 0 Å². The van der Waals surface area contributed by atoms with E-state index in [-0.39, 0.29) is 18.4 Å². The second-order valence-electron chi connectivity index (χ2n) is 5.43. The molecular weight excluding hydrogens is 366 g/mol. The molecule has 0 unspecified atom stereocenters. The molecule has 0 radical (unpaired) electrons. The molecule has 0 saturated carbocycles. The van der Waals surface area contributed by atoms with E-state index in [9.17, 15) is 9.59 Å². The first-order chi connectivity index (χ1) is 12.7. The Morgan fingerprint density at radius 3 is 2.62 bits per heavy atom. The fourth-order valence-corrected chi connectivity index (χ4v) is 3.66. The molecule has 130 valence electrons. The average Bonchev–Trinajstić information content (AvgIpc) is 2.66.